The lowest BCUT2D eigenvalue weighted by molar-refractivity contribution is 0.0947. The Labute approximate surface area is 185 Å². The van der Waals surface area contributed by atoms with E-state index in [0.29, 0.717) is 10.7 Å². The van der Waals surface area contributed by atoms with E-state index in [9.17, 15) is 14.9 Å². The Morgan fingerprint density at radius 2 is 2.07 bits per heavy atom. The van der Waals surface area contributed by atoms with Gasteiger partial charge in [0, 0.05) is 15.1 Å². The van der Waals surface area contributed by atoms with E-state index in [0.717, 1.165) is 20.3 Å². The molecular formula is C21H15BrClN5O2. The smallest absolute Gasteiger partial charge is 0.266 e. The average Bonchev–Trinajstić information content (AvgIpc) is 2.71. The van der Waals surface area contributed by atoms with Crippen LogP contribution in [0.4, 0.5) is 0 Å². The van der Waals surface area contributed by atoms with E-state index >= 15 is 0 Å². The molecule has 150 valence electrons. The summed E-state index contributed by atoms with van der Waals surface area (Å²) in [6.07, 6.45) is 1.47. The lowest BCUT2D eigenvalue weighted by atomic mass is 10.1. The van der Waals surface area contributed by atoms with Crippen molar-refractivity contribution in [1.82, 2.24) is 15.2 Å². The zero-order chi connectivity index (χ0) is 21.8. The standard InChI is InChI=1S/C21H15BrClN5O2/c1-12-6-7-16(9-18(12)23)28-21(30)17(10-24)13(2)19(27-28)20(29)26-25-11-14-4-3-5-15(22)8-14/h3-9,11H,1-2H3,(H,26,29)/b25-11-. The molecule has 0 atom stereocenters. The summed E-state index contributed by atoms with van der Waals surface area (Å²) in [6.45, 7) is 3.31. The van der Waals surface area contributed by atoms with Gasteiger partial charge in [-0.15, -0.1) is 0 Å². The van der Waals surface area contributed by atoms with Crippen molar-refractivity contribution in [2.24, 2.45) is 5.10 Å². The van der Waals surface area contributed by atoms with Crippen LogP contribution >= 0.6 is 27.5 Å². The first kappa shape index (κ1) is 21.4. The lowest BCUT2D eigenvalue weighted by Crippen LogP contribution is -2.31. The maximum Gasteiger partial charge on any atom is 0.292 e. The second kappa shape index (κ2) is 9.03. The van der Waals surface area contributed by atoms with Crippen LogP contribution in [0.3, 0.4) is 0 Å². The van der Waals surface area contributed by atoms with Crippen LogP contribution in [0.25, 0.3) is 5.69 Å². The predicted octanol–water partition coefficient (Wildman–Crippen LogP) is 3.90. The van der Waals surface area contributed by atoms with Gasteiger partial charge in [-0.1, -0.05) is 45.7 Å². The molecule has 0 saturated carbocycles. The molecule has 0 aliphatic rings. The van der Waals surface area contributed by atoms with Crippen LogP contribution in [0.15, 0.2) is 56.8 Å². The van der Waals surface area contributed by atoms with Crippen LogP contribution in [0, 0.1) is 25.2 Å². The summed E-state index contributed by atoms with van der Waals surface area (Å²) >= 11 is 9.51. The number of hydrogen-bond acceptors (Lipinski definition) is 5. The molecule has 1 heterocycles. The molecule has 7 nitrogen and oxygen atoms in total. The number of carbonyl (C=O) groups is 1. The molecule has 1 amide bonds. The number of hydrogen-bond donors (Lipinski definition) is 1. The largest absolute Gasteiger partial charge is 0.292 e. The fourth-order valence-corrected chi connectivity index (χ4v) is 3.24. The van der Waals surface area contributed by atoms with Gasteiger partial charge in [0.15, 0.2) is 5.69 Å². The number of amides is 1. The monoisotopic (exact) mass is 483 g/mol. The molecule has 1 N–H and O–H groups in total. The Hall–Kier alpha value is -3.28. The third-order valence-electron chi connectivity index (χ3n) is 4.29. The van der Waals surface area contributed by atoms with Crippen LogP contribution in [0.1, 0.15) is 32.7 Å². The number of hydrazone groups is 1. The molecule has 2 aromatic carbocycles. The fourth-order valence-electron chi connectivity index (χ4n) is 2.65. The molecule has 0 saturated heterocycles. The number of nitrogens with one attached hydrogen (secondary N) is 1. The molecule has 0 bridgehead atoms. The van der Waals surface area contributed by atoms with Crippen LogP contribution in [0.5, 0.6) is 0 Å². The van der Waals surface area contributed by atoms with E-state index in [2.05, 4.69) is 31.6 Å². The maximum absolute atomic E-state index is 12.7. The highest BCUT2D eigenvalue weighted by molar-refractivity contribution is 9.10. The van der Waals surface area contributed by atoms with Gasteiger partial charge in [0.05, 0.1) is 11.9 Å². The van der Waals surface area contributed by atoms with Gasteiger partial charge in [0.2, 0.25) is 0 Å². The van der Waals surface area contributed by atoms with Crippen molar-refractivity contribution in [3.8, 4) is 11.8 Å². The number of nitrogens with zero attached hydrogens (tertiary/aromatic N) is 4. The minimum atomic E-state index is -0.651. The van der Waals surface area contributed by atoms with E-state index in [1.54, 1.807) is 18.2 Å². The van der Waals surface area contributed by atoms with Crippen molar-refractivity contribution in [2.45, 2.75) is 13.8 Å². The summed E-state index contributed by atoms with van der Waals surface area (Å²) in [5.74, 6) is -0.651. The first-order valence-corrected chi connectivity index (χ1v) is 9.88. The first-order chi connectivity index (χ1) is 14.3. The van der Waals surface area contributed by atoms with Gasteiger partial charge < -0.3 is 0 Å². The topological polar surface area (TPSA) is 100 Å². The van der Waals surface area contributed by atoms with E-state index in [1.165, 1.54) is 13.1 Å². The minimum absolute atomic E-state index is 0.0887. The molecule has 9 heteroatoms. The van der Waals surface area contributed by atoms with Gasteiger partial charge in [-0.05, 0) is 49.2 Å². The van der Waals surface area contributed by atoms with Gasteiger partial charge >= 0.3 is 0 Å². The summed E-state index contributed by atoms with van der Waals surface area (Å²) in [5.41, 5.74) is 3.59. The number of aromatic nitrogens is 2. The number of rotatable bonds is 4. The van der Waals surface area contributed by atoms with Crippen molar-refractivity contribution < 1.29 is 4.79 Å². The second-order valence-corrected chi connectivity index (χ2v) is 7.69. The molecule has 0 unspecified atom stereocenters. The second-order valence-electron chi connectivity index (χ2n) is 6.36. The maximum atomic E-state index is 12.7. The number of benzene rings is 2. The molecule has 0 aliphatic carbocycles. The highest BCUT2D eigenvalue weighted by Crippen LogP contribution is 2.19. The molecule has 0 aliphatic heterocycles. The van der Waals surface area contributed by atoms with Crippen molar-refractivity contribution in [1.29, 1.82) is 5.26 Å². The van der Waals surface area contributed by atoms with Gasteiger partial charge in [0.25, 0.3) is 11.5 Å². The molecule has 1 aromatic heterocycles. The Kier molecular flexibility index (Phi) is 6.45. The number of carbonyl (C=O) groups excluding carboxylic acids is 1. The zero-order valence-corrected chi connectivity index (χ0v) is 18.3. The molecular weight excluding hydrogens is 470 g/mol. The van der Waals surface area contributed by atoms with Gasteiger partial charge in [-0.3, -0.25) is 9.59 Å². The molecule has 3 rings (SSSR count). The quantitative estimate of drug-likeness (QED) is 0.448. The Morgan fingerprint density at radius 3 is 2.73 bits per heavy atom. The van der Waals surface area contributed by atoms with Gasteiger partial charge in [0.1, 0.15) is 11.6 Å². The minimum Gasteiger partial charge on any atom is -0.266 e. The van der Waals surface area contributed by atoms with E-state index < -0.39 is 11.5 Å². The van der Waals surface area contributed by atoms with Crippen molar-refractivity contribution >= 4 is 39.7 Å². The van der Waals surface area contributed by atoms with Crippen molar-refractivity contribution in [3.05, 3.63) is 90.3 Å². The summed E-state index contributed by atoms with van der Waals surface area (Å²) in [4.78, 5) is 25.4. The third-order valence-corrected chi connectivity index (χ3v) is 5.19. The average molecular weight is 485 g/mol. The van der Waals surface area contributed by atoms with E-state index in [-0.39, 0.29) is 16.8 Å². The van der Waals surface area contributed by atoms with Crippen LogP contribution < -0.4 is 11.0 Å². The van der Waals surface area contributed by atoms with Crippen molar-refractivity contribution in [3.63, 3.8) is 0 Å². The fraction of sp³-hybridized carbons (Fsp3) is 0.0952. The Bertz CT molecular complexity index is 1280. The molecule has 30 heavy (non-hydrogen) atoms. The summed E-state index contributed by atoms with van der Waals surface area (Å²) in [6, 6.07) is 14.1. The zero-order valence-electron chi connectivity index (χ0n) is 16.0. The molecule has 0 radical (unpaired) electrons. The first-order valence-electron chi connectivity index (χ1n) is 8.71. The Morgan fingerprint density at radius 1 is 1.30 bits per heavy atom. The highest BCUT2D eigenvalue weighted by atomic mass is 79.9. The number of nitriles is 1. The van der Waals surface area contributed by atoms with Crippen LogP contribution in [-0.4, -0.2) is 21.9 Å². The summed E-state index contributed by atoms with van der Waals surface area (Å²) in [7, 11) is 0. The SMILES string of the molecule is Cc1ccc(-n2nc(C(=O)N/N=C\c3cccc(Br)c3)c(C)c(C#N)c2=O)cc1Cl. The van der Waals surface area contributed by atoms with E-state index in [1.807, 2.05) is 37.3 Å². The van der Waals surface area contributed by atoms with E-state index in [4.69, 9.17) is 11.6 Å². The molecule has 0 spiro atoms. The number of aryl methyl sites for hydroxylation is 1. The van der Waals surface area contributed by atoms with Crippen molar-refractivity contribution in [2.75, 3.05) is 0 Å². The third kappa shape index (κ3) is 4.48. The normalized spacial score (nSPS) is 10.8. The summed E-state index contributed by atoms with van der Waals surface area (Å²) in [5, 5.41) is 18.0. The summed E-state index contributed by atoms with van der Waals surface area (Å²) < 4.78 is 1.86. The van der Waals surface area contributed by atoms with Crippen LogP contribution in [0.2, 0.25) is 5.02 Å². The number of halogens is 2. The molecule has 3 aromatic rings. The van der Waals surface area contributed by atoms with Gasteiger partial charge in [-0.25, -0.2) is 5.43 Å². The lowest BCUT2D eigenvalue weighted by Gasteiger charge is -2.11. The predicted molar refractivity (Wildman–Crippen MR) is 118 cm³/mol. The highest BCUT2D eigenvalue weighted by Gasteiger charge is 2.20. The van der Waals surface area contributed by atoms with Gasteiger partial charge in [-0.2, -0.15) is 20.1 Å². The Balaban J connectivity index is 1.99. The molecule has 0 fully saturated rings. The van der Waals surface area contributed by atoms with Crippen LogP contribution in [-0.2, 0) is 0 Å².